The van der Waals surface area contributed by atoms with Crippen molar-refractivity contribution in [3.8, 4) is 11.6 Å². The number of hydrogen-bond donors (Lipinski definition) is 1. The molecule has 0 atom stereocenters. The van der Waals surface area contributed by atoms with Crippen LogP contribution in [-0.4, -0.2) is 9.97 Å². The number of halogens is 1. The van der Waals surface area contributed by atoms with Crippen LogP contribution in [0.1, 0.15) is 5.82 Å². The van der Waals surface area contributed by atoms with Gasteiger partial charge in [0.1, 0.15) is 11.6 Å². The number of hydrogen-bond acceptors (Lipinski definition) is 4. The van der Waals surface area contributed by atoms with Crippen LogP contribution in [0.5, 0.6) is 11.6 Å². The molecule has 0 fully saturated rings. The topological polar surface area (TPSA) is 61.0 Å². The van der Waals surface area contributed by atoms with E-state index in [1.54, 1.807) is 19.2 Å². The summed E-state index contributed by atoms with van der Waals surface area (Å²) in [6.45, 7) is 1.75. The first-order valence-corrected chi connectivity index (χ1v) is 4.67. The van der Waals surface area contributed by atoms with Crippen LogP contribution in [0.4, 0.5) is 10.1 Å². The number of anilines is 1. The first-order chi connectivity index (χ1) is 7.65. The second-order valence-corrected chi connectivity index (χ2v) is 3.23. The number of nitrogen functional groups attached to an aromatic ring is 1. The minimum Gasteiger partial charge on any atom is -0.437 e. The van der Waals surface area contributed by atoms with Gasteiger partial charge >= 0.3 is 0 Å². The molecule has 0 saturated heterocycles. The molecule has 0 radical (unpaired) electrons. The van der Waals surface area contributed by atoms with Crippen molar-refractivity contribution in [3.05, 3.63) is 42.1 Å². The average molecular weight is 219 g/mol. The molecule has 0 saturated carbocycles. The fraction of sp³-hybridized carbons (Fsp3) is 0.0909. The highest BCUT2D eigenvalue weighted by molar-refractivity contribution is 5.53. The molecule has 0 unspecified atom stereocenters. The van der Waals surface area contributed by atoms with Gasteiger partial charge < -0.3 is 10.5 Å². The average Bonchev–Trinajstić information content (AvgIpc) is 2.22. The van der Waals surface area contributed by atoms with E-state index in [1.807, 2.05) is 0 Å². The minimum absolute atomic E-state index is 0.233. The Bertz CT molecular complexity index is 516. The van der Waals surface area contributed by atoms with Crippen LogP contribution < -0.4 is 10.5 Å². The zero-order valence-electron chi connectivity index (χ0n) is 8.64. The Kier molecular flexibility index (Phi) is 2.68. The van der Waals surface area contributed by atoms with Crippen LogP contribution >= 0.6 is 0 Å². The number of nitrogens with zero attached hydrogens (tertiary/aromatic N) is 2. The Morgan fingerprint density at radius 3 is 2.81 bits per heavy atom. The lowest BCUT2D eigenvalue weighted by Gasteiger charge is -2.07. The third-order valence-electron chi connectivity index (χ3n) is 1.94. The normalized spacial score (nSPS) is 10.1. The lowest BCUT2D eigenvalue weighted by molar-refractivity contribution is 0.460. The van der Waals surface area contributed by atoms with E-state index in [0.29, 0.717) is 17.5 Å². The number of ether oxygens (including phenoxy) is 1. The number of benzene rings is 1. The van der Waals surface area contributed by atoms with E-state index < -0.39 is 5.82 Å². The molecule has 2 rings (SSSR count). The Hall–Kier alpha value is -2.17. The first kappa shape index (κ1) is 10.4. The van der Waals surface area contributed by atoms with Gasteiger partial charge in [-0.1, -0.05) is 0 Å². The Morgan fingerprint density at radius 1 is 1.31 bits per heavy atom. The largest absolute Gasteiger partial charge is 0.437 e. The molecular formula is C11H10FN3O. The first-order valence-electron chi connectivity index (χ1n) is 4.67. The van der Waals surface area contributed by atoms with Gasteiger partial charge in [-0.25, -0.2) is 9.37 Å². The smallest absolute Gasteiger partial charge is 0.222 e. The van der Waals surface area contributed by atoms with Gasteiger partial charge in [0.2, 0.25) is 5.88 Å². The van der Waals surface area contributed by atoms with E-state index in [4.69, 9.17) is 10.5 Å². The van der Waals surface area contributed by atoms with Crippen molar-refractivity contribution < 1.29 is 9.13 Å². The fourth-order valence-corrected chi connectivity index (χ4v) is 1.22. The summed E-state index contributed by atoms with van der Waals surface area (Å²) in [5.74, 6) is 0.951. The second-order valence-electron chi connectivity index (χ2n) is 3.23. The molecule has 0 spiro atoms. The molecule has 1 aromatic heterocycles. The molecule has 0 aliphatic heterocycles. The predicted molar refractivity (Wildman–Crippen MR) is 57.7 cm³/mol. The van der Waals surface area contributed by atoms with E-state index in [2.05, 4.69) is 9.97 Å². The molecule has 5 heteroatoms. The third kappa shape index (κ3) is 2.25. The maximum atomic E-state index is 12.8. The minimum atomic E-state index is -0.399. The molecule has 16 heavy (non-hydrogen) atoms. The van der Waals surface area contributed by atoms with Crippen LogP contribution in [0.3, 0.4) is 0 Å². The van der Waals surface area contributed by atoms with E-state index in [1.165, 1.54) is 18.2 Å². The second kappa shape index (κ2) is 4.14. The fourth-order valence-electron chi connectivity index (χ4n) is 1.22. The summed E-state index contributed by atoms with van der Waals surface area (Å²) in [4.78, 5) is 7.98. The van der Waals surface area contributed by atoms with Crippen LogP contribution in [0.2, 0.25) is 0 Å². The summed E-state index contributed by atoms with van der Waals surface area (Å²) in [7, 11) is 0. The molecule has 1 heterocycles. The maximum Gasteiger partial charge on any atom is 0.222 e. The van der Waals surface area contributed by atoms with E-state index >= 15 is 0 Å². The highest BCUT2D eigenvalue weighted by atomic mass is 19.1. The van der Waals surface area contributed by atoms with Crippen molar-refractivity contribution >= 4 is 5.69 Å². The summed E-state index contributed by atoms with van der Waals surface area (Å²) in [6.07, 6.45) is 1.58. The van der Waals surface area contributed by atoms with Crippen molar-refractivity contribution in [2.24, 2.45) is 0 Å². The van der Waals surface area contributed by atoms with Gasteiger partial charge in [0, 0.05) is 18.3 Å². The zero-order valence-corrected chi connectivity index (χ0v) is 8.64. The molecule has 0 amide bonds. The standard InChI is InChI=1S/C11H10FN3O/c1-7-14-5-4-11(15-7)16-10-3-2-8(12)6-9(10)13/h2-6H,13H2,1H3. The Labute approximate surface area is 91.9 Å². The predicted octanol–water partition coefficient (Wildman–Crippen LogP) is 2.30. The van der Waals surface area contributed by atoms with Crippen molar-refractivity contribution in [2.45, 2.75) is 6.92 Å². The summed E-state index contributed by atoms with van der Waals surface area (Å²) in [5, 5.41) is 0. The number of nitrogens with two attached hydrogens (primary N) is 1. The molecule has 82 valence electrons. The third-order valence-corrected chi connectivity index (χ3v) is 1.94. The maximum absolute atomic E-state index is 12.8. The van der Waals surface area contributed by atoms with Crippen molar-refractivity contribution in [1.82, 2.24) is 9.97 Å². The molecule has 0 bridgehead atoms. The molecule has 2 N–H and O–H groups in total. The number of aryl methyl sites for hydroxylation is 1. The van der Waals surface area contributed by atoms with Gasteiger partial charge in [0.15, 0.2) is 5.75 Å². The molecule has 0 aliphatic rings. The van der Waals surface area contributed by atoms with Gasteiger partial charge in [0.05, 0.1) is 5.69 Å². The van der Waals surface area contributed by atoms with Crippen molar-refractivity contribution in [1.29, 1.82) is 0 Å². The van der Waals surface area contributed by atoms with E-state index in [0.717, 1.165) is 0 Å². The molecular weight excluding hydrogens is 209 g/mol. The molecule has 2 aromatic rings. The highest BCUT2D eigenvalue weighted by Crippen LogP contribution is 2.26. The van der Waals surface area contributed by atoms with Crippen LogP contribution in [0.25, 0.3) is 0 Å². The summed E-state index contributed by atoms with van der Waals surface area (Å²) < 4.78 is 18.2. The van der Waals surface area contributed by atoms with Gasteiger partial charge in [0.25, 0.3) is 0 Å². The lowest BCUT2D eigenvalue weighted by atomic mass is 10.3. The zero-order chi connectivity index (χ0) is 11.5. The van der Waals surface area contributed by atoms with Crippen molar-refractivity contribution in [3.63, 3.8) is 0 Å². The van der Waals surface area contributed by atoms with E-state index in [9.17, 15) is 4.39 Å². The number of aromatic nitrogens is 2. The lowest BCUT2D eigenvalue weighted by Crippen LogP contribution is -1.96. The van der Waals surface area contributed by atoms with Gasteiger partial charge in [-0.3, -0.25) is 0 Å². The Balaban J connectivity index is 2.27. The SMILES string of the molecule is Cc1nccc(Oc2ccc(F)cc2N)n1. The van der Waals surface area contributed by atoms with Gasteiger partial charge in [-0.2, -0.15) is 4.98 Å². The van der Waals surface area contributed by atoms with Gasteiger partial charge in [-0.05, 0) is 19.1 Å². The summed E-state index contributed by atoms with van der Waals surface area (Å²) in [5.41, 5.74) is 5.83. The summed E-state index contributed by atoms with van der Waals surface area (Å²) >= 11 is 0. The highest BCUT2D eigenvalue weighted by Gasteiger charge is 2.04. The van der Waals surface area contributed by atoms with Gasteiger partial charge in [-0.15, -0.1) is 0 Å². The van der Waals surface area contributed by atoms with Crippen LogP contribution in [0, 0.1) is 12.7 Å². The molecule has 4 nitrogen and oxygen atoms in total. The van der Waals surface area contributed by atoms with E-state index in [-0.39, 0.29) is 5.69 Å². The van der Waals surface area contributed by atoms with Crippen molar-refractivity contribution in [2.75, 3.05) is 5.73 Å². The quantitative estimate of drug-likeness (QED) is 0.787. The molecule has 0 aliphatic carbocycles. The molecule has 1 aromatic carbocycles. The Morgan fingerprint density at radius 2 is 2.12 bits per heavy atom. The van der Waals surface area contributed by atoms with Crippen LogP contribution in [-0.2, 0) is 0 Å². The summed E-state index contributed by atoms with van der Waals surface area (Å²) in [6, 6.07) is 5.54. The monoisotopic (exact) mass is 219 g/mol. The number of rotatable bonds is 2. The van der Waals surface area contributed by atoms with Crippen LogP contribution in [0.15, 0.2) is 30.5 Å².